The molecular weight excluding hydrogens is 270 g/mol. The molecule has 1 unspecified atom stereocenters. The fourth-order valence-corrected chi connectivity index (χ4v) is 1.38. The largest absolute Gasteiger partial charge is 0.444 e. The molecule has 0 saturated heterocycles. The topological polar surface area (TPSA) is 38.3 Å². The Labute approximate surface area is 107 Å². The lowest BCUT2D eigenvalue weighted by Crippen LogP contribution is -2.40. The minimum atomic E-state index is -0.460. The maximum absolute atomic E-state index is 11.6. The van der Waals surface area contributed by atoms with E-state index in [0.717, 1.165) is 4.48 Å². The standard InChI is InChI=1S/C12H22BrNO2/c1-8(2)10(7-9(3)13)14-11(15)16-12(4,5)6/h7-8,10H,1-6H3,(H,14,15)/b9-7+. The van der Waals surface area contributed by atoms with Crippen molar-refractivity contribution in [1.29, 1.82) is 0 Å². The number of carbonyl (C=O) groups excluding carboxylic acids is 1. The van der Waals surface area contributed by atoms with Gasteiger partial charge in [0.1, 0.15) is 5.60 Å². The smallest absolute Gasteiger partial charge is 0.408 e. The fraction of sp³-hybridized carbons (Fsp3) is 0.750. The minimum Gasteiger partial charge on any atom is -0.444 e. The molecule has 16 heavy (non-hydrogen) atoms. The van der Waals surface area contributed by atoms with Crippen LogP contribution in [0.15, 0.2) is 10.6 Å². The van der Waals surface area contributed by atoms with Gasteiger partial charge in [0.2, 0.25) is 0 Å². The second-order valence-corrected chi connectivity index (χ2v) is 6.42. The molecule has 0 aliphatic heterocycles. The summed E-state index contributed by atoms with van der Waals surface area (Å²) >= 11 is 3.36. The first-order valence-electron chi connectivity index (χ1n) is 5.45. The average molecular weight is 292 g/mol. The number of amides is 1. The van der Waals surface area contributed by atoms with Gasteiger partial charge >= 0.3 is 6.09 Å². The van der Waals surface area contributed by atoms with Crippen LogP contribution < -0.4 is 5.32 Å². The van der Waals surface area contributed by atoms with E-state index in [1.54, 1.807) is 0 Å². The number of halogens is 1. The molecule has 0 saturated carbocycles. The molecule has 0 aliphatic carbocycles. The number of hydrogen-bond acceptors (Lipinski definition) is 2. The Hall–Kier alpha value is -0.510. The summed E-state index contributed by atoms with van der Waals surface area (Å²) in [6.07, 6.45) is 1.59. The number of hydrogen-bond donors (Lipinski definition) is 1. The van der Waals surface area contributed by atoms with E-state index in [2.05, 4.69) is 35.1 Å². The molecule has 94 valence electrons. The highest BCUT2D eigenvalue weighted by atomic mass is 79.9. The zero-order valence-electron chi connectivity index (χ0n) is 10.9. The maximum atomic E-state index is 11.6. The van der Waals surface area contributed by atoms with Gasteiger partial charge in [-0.2, -0.15) is 0 Å². The van der Waals surface area contributed by atoms with E-state index in [1.165, 1.54) is 0 Å². The van der Waals surface area contributed by atoms with Gasteiger partial charge in [-0.05, 0) is 38.1 Å². The average Bonchev–Trinajstić information content (AvgIpc) is 1.97. The predicted octanol–water partition coefficient (Wildman–Crippen LogP) is 3.83. The third kappa shape index (κ3) is 7.74. The first-order valence-corrected chi connectivity index (χ1v) is 6.24. The van der Waals surface area contributed by atoms with Crippen molar-refractivity contribution in [3.63, 3.8) is 0 Å². The molecule has 0 spiro atoms. The molecule has 0 radical (unpaired) electrons. The summed E-state index contributed by atoms with van der Waals surface area (Å²) in [5.41, 5.74) is -0.460. The summed E-state index contributed by atoms with van der Waals surface area (Å²) in [5, 5.41) is 2.84. The van der Waals surface area contributed by atoms with Crippen molar-refractivity contribution < 1.29 is 9.53 Å². The van der Waals surface area contributed by atoms with E-state index in [1.807, 2.05) is 33.8 Å². The van der Waals surface area contributed by atoms with Crippen molar-refractivity contribution in [3.05, 3.63) is 10.6 Å². The molecule has 1 N–H and O–H groups in total. The Morgan fingerprint density at radius 3 is 2.19 bits per heavy atom. The van der Waals surface area contributed by atoms with Crippen LogP contribution in [0.2, 0.25) is 0 Å². The minimum absolute atomic E-state index is 0.0192. The molecule has 0 aromatic rings. The molecule has 0 fully saturated rings. The number of nitrogens with one attached hydrogen (secondary N) is 1. The third-order valence-corrected chi connectivity index (χ3v) is 2.08. The number of ether oxygens (including phenoxy) is 1. The normalized spacial score (nSPS) is 14.9. The number of alkyl carbamates (subject to hydrolysis) is 1. The van der Waals surface area contributed by atoms with E-state index >= 15 is 0 Å². The first-order chi connectivity index (χ1) is 7.11. The predicted molar refractivity (Wildman–Crippen MR) is 70.7 cm³/mol. The van der Waals surface area contributed by atoms with Gasteiger partial charge in [0.05, 0.1) is 6.04 Å². The van der Waals surface area contributed by atoms with Gasteiger partial charge in [-0.25, -0.2) is 4.79 Å². The van der Waals surface area contributed by atoms with E-state index in [-0.39, 0.29) is 12.1 Å². The summed E-state index contributed by atoms with van der Waals surface area (Å²) in [6, 6.07) is -0.0192. The molecule has 0 aliphatic rings. The van der Waals surface area contributed by atoms with Crippen molar-refractivity contribution in [2.45, 2.75) is 53.2 Å². The summed E-state index contributed by atoms with van der Waals surface area (Å²) in [6.45, 7) is 11.6. The number of allylic oxidation sites excluding steroid dienone is 1. The Morgan fingerprint density at radius 1 is 1.38 bits per heavy atom. The van der Waals surface area contributed by atoms with Gasteiger partial charge in [0.15, 0.2) is 0 Å². The number of rotatable bonds is 3. The van der Waals surface area contributed by atoms with Crippen molar-refractivity contribution in [3.8, 4) is 0 Å². The zero-order valence-corrected chi connectivity index (χ0v) is 12.5. The monoisotopic (exact) mass is 291 g/mol. The van der Waals surface area contributed by atoms with Gasteiger partial charge in [0.25, 0.3) is 0 Å². The molecule has 3 nitrogen and oxygen atoms in total. The lowest BCUT2D eigenvalue weighted by Gasteiger charge is -2.24. The first kappa shape index (κ1) is 15.5. The molecule has 1 amide bonds. The van der Waals surface area contributed by atoms with Crippen LogP contribution in [0.3, 0.4) is 0 Å². The Morgan fingerprint density at radius 2 is 1.88 bits per heavy atom. The molecule has 4 heteroatoms. The van der Waals surface area contributed by atoms with Crippen molar-refractivity contribution in [1.82, 2.24) is 5.32 Å². The van der Waals surface area contributed by atoms with Gasteiger partial charge in [-0.15, -0.1) is 0 Å². The van der Waals surface area contributed by atoms with Gasteiger partial charge in [0, 0.05) is 0 Å². The lowest BCUT2D eigenvalue weighted by molar-refractivity contribution is 0.0504. The second kappa shape index (κ2) is 6.28. The van der Waals surface area contributed by atoms with Crippen molar-refractivity contribution >= 4 is 22.0 Å². The lowest BCUT2D eigenvalue weighted by atomic mass is 10.0. The molecule has 1 atom stereocenters. The molecule has 0 aromatic heterocycles. The van der Waals surface area contributed by atoms with Crippen molar-refractivity contribution in [2.24, 2.45) is 5.92 Å². The van der Waals surface area contributed by atoms with Crippen molar-refractivity contribution in [2.75, 3.05) is 0 Å². The highest BCUT2D eigenvalue weighted by Gasteiger charge is 2.19. The van der Waals surface area contributed by atoms with Crippen LogP contribution in [0.25, 0.3) is 0 Å². The summed E-state index contributed by atoms with van der Waals surface area (Å²) in [4.78, 5) is 11.6. The van der Waals surface area contributed by atoms with E-state index in [0.29, 0.717) is 5.92 Å². The summed E-state index contributed by atoms with van der Waals surface area (Å²) < 4.78 is 6.21. The quantitative estimate of drug-likeness (QED) is 0.858. The Balaban J connectivity index is 4.42. The van der Waals surface area contributed by atoms with Crippen LogP contribution in [-0.2, 0) is 4.74 Å². The van der Waals surface area contributed by atoms with E-state index < -0.39 is 5.60 Å². The van der Waals surface area contributed by atoms with Crippen LogP contribution >= 0.6 is 15.9 Å². The second-order valence-electron chi connectivity index (χ2n) is 5.17. The van der Waals surface area contributed by atoms with Gasteiger partial charge in [-0.3, -0.25) is 0 Å². The summed E-state index contributed by atoms with van der Waals surface area (Å²) in [5.74, 6) is 0.319. The maximum Gasteiger partial charge on any atom is 0.408 e. The summed E-state index contributed by atoms with van der Waals surface area (Å²) in [7, 11) is 0. The molecule has 0 bridgehead atoms. The highest BCUT2D eigenvalue weighted by Crippen LogP contribution is 2.12. The van der Waals surface area contributed by atoms with Crippen LogP contribution in [0, 0.1) is 5.92 Å². The van der Waals surface area contributed by atoms with Crippen LogP contribution in [0.1, 0.15) is 41.5 Å². The van der Waals surface area contributed by atoms with Gasteiger partial charge in [-0.1, -0.05) is 35.9 Å². The van der Waals surface area contributed by atoms with Crippen LogP contribution in [0.4, 0.5) is 4.79 Å². The molecule has 0 rings (SSSR count). The van der Waals surface area contributed by atoms with Gasteiger partial charge < -0.3 is 10.1 Å². The Bertz CT molecular complexity index is 263. The highest BCUT2D eigenvalue weighted by molar-refractivity contribution is 9.11. The van der Waals surface area contributed by atoms with E-state index in [4.69, 9.17) is 4.74 Å². The fourth-order valence-electron chi connectivity index (χ4n) is 1.09. The number of carbonyl (C=O) groups is 1. The zero-order chi connectivity index (χ0) is 12.9. The van der Waals surface area contributed by atoms with Crippen LogP contribution in [-0.4, -0.2) is 17.7 Å². The van der Waals surface area contributed by atoms with Crippen LogP contribution in [0.5, 0.6) is 0 Å². The third-order valence-electron chi connectivity index (χ3n) is 1.81. The van der Waals surface area contributed by atoms with E-state index in [9.17, 15) is 4.79 Å². The SMILES string of the molecule is C/C(Br)=C\C(NC(=O)OC(C)(C)C)C(C)C. The molecular formula is C12H22BrNO2. The molecule has 0 aromatic carbocycles. The molecule has 0 heterocycles. The Kier molecular flexibility index (Phi) is 6.08.